The van der Waals surface area contributed by atoms with Crippen LogP contribution in [0.3, 0.4) is 0 Å². The molecule has 4 heterocycles. The van der Waals surface area contributed by atoms with Crippen LogP contribution in [0.2, 0.25) is 0 Å². The van der Waals surface area contributed by atoms with Crippen LogP contribution in [-0.4, -0.2) is 36.2 Å². The molecular formula is C18H15N7O2. The number of hydrogen-bond donors (Lipinski definition) is 2. The number of carbonyl (C=O) groups excluding carboxylic acids is 2. The summed E-state index contributed by atoms with van der Waals surface area (Å²) in [7, 11) is 0. The van der Waals surface area contributed by atoms with Crippen molar-refractivity contribution in [1.29, 1.82) is 0 Å². The highest BCUT2D eigenvalue weighted by atomic mass is 16.2. The lowest BCUT2D eigenvalue weighted by Gasteiger charge is -2.06. The highest BCUT2D eigenvalue weighted by Crippen LogP contribution is 2.34. The standard InChI is InChI=1S/C18H15N7O2/c1-10(26)22-17-20-8-5-13(24-17)15-12-4-3-7-19-16(12)25-14(15)6-9-21-18(25)23-11(2)27/h3-9H,1-2H3,(H,21,23,27)(H,20,22,24,26). The molecule has 134 valence electrons. The Bertz CT molecular complexity index is 1200. The van der Waals surface area contributed by atoms with Crippen LogP contribution < -0.4 is 10.6 Å². The third kappa shape index (κ3) is 2.95. The molecule has 0 fully saturated rings. The number of amides is 2. The Labute approximate surface area is 153 Å². The Kier molecular flexibility index (Phi) is 3.96. The van der Waals surface area contributed by atoms with Crippen molar-refractivity contribution in [3.05, 3.63) is 42.9 Å². The van der Waals surface area contributed by atoms with Gasteiger partial charge in [-0.25, -0.2) is 19.9 Å². The maximum absolute atomic E-state index is 11.6. The number of fused-ring (bicyclic) bond motifs is 3. The molecule has 2 N–H and O–H groups in total. The Morgan fingerprint density at radius 3 is 2.48 bits per heavy atom. The van der Waals surface area contributed by atoms with Gasteiger partial charge in [-0.1, -0.05) is 0 Å². The summed E-state index contributed by atoms with van der Waals surface area (Å²) in [5, 5.41) is 6.15. The molecule has 0 aromatic carbocycles. The predicted molar refractivity (Wildman–Crippen MR) is 100 cm³/mol. The lowest BCUT2D eigenvalue weighted by Crippen LogP contribution is -2.11. The van der Waals surface area contributed by atoms with Gasteiger partial charge in [-0.05, 0) is 24.3 Å². The fourth-order valence-electron chi connectivity index (χ4n) is 2.97. The van der Waals surface area contributed by atoms with Crippen LogP contribution in [0, 0.1) is 0 Å². The molecule has 0 spiro atoms. The van der Waals surface area contributed by atoms with Gasteiger partial charge in [-0.2, -0.15) is 0 Å². The molecule has 0 radical (unpaired) electrons. The largest absolute Gasteiger partial charge is 0.296 e. The van der Waals surface area contributed by atoms with Crippen LogP contribution in [-0.2, 0) is 9.59 Å². The van der Waals surface area contributed by atoms with Gasteiger partial charge in [-0.15, -0.1) is 0 Å². The smallest absolute Gasteiger partial charge is 0.229 e. The van der Waals surface area contributed by atoms with Crippen molar-refractivity contribution in [3.8, 4) is 11.3 Å². The van der Waals surface area contributed by atoms with Crippen LogP contribution in [0.15, 0.2) is 42.9 Å². The molecule has 0 saturated carbocycles. The van der Waals surface area contributed by atoms with Gasteiger partial charge in [0, 0.05) is 43.4 Å². The molecule has 4 aromatic heterocycles. The third-order valence-electron chi connectivity index (χ3n) is 3.89. The van der Waals surface area contributed by atoms with E-state index in [2.05, 4.69) is 30.6 Å². The van der Waals surface area contributed by atoms with Crippen LogP contribution in [0.5, 0.6) is 0 Å². The minimum Gasteiger partial charge on any atom is -0.296 e. The van der Waals surface area contributed by atoms with Crippen LogP contribution in [0.4, 0.5) is 11.9 Å². The summed E-state index contributed by atoms with van der Waals surface area (Å²) < 4.78 is 1.77. The van der Waals surface area contributed by atoms with Crippen molar-refractivity contribution in [2.45, 2.75) is 13.8 Å². The van der Waals surface area contributed by atoms with Gasteiger partial charge >= 0.3 is 0 Å². The summed E-state index contributed by atoms with van der Waals surface area (Å²) in [4.78, 5) is 40.1. The maximum atomic E-state index is 11.6. The molecule has 0 saturated heterocycles. The number of nitrogens with one attached hydrogen (secondary N) is 2. The Morgan fingerprint density at radius 1 is 0.926 bits per heavy atom. The number of anilines is 2. The molecule has 2 amide bonds. The zero-order chi connectivity index (χ0) is 19.0. The van der Waals surface area contributed by atoms with Crippen molar-refractivity contribution >= 4 is 40.3 Å². The number of carbonyl (C=O) groups is 2. The van der Waals surface area contributed by atoms with E-state index >= 15 is 0 Å². The molecule has 0 unspecified atom stereocenters. The van der Waals surface area contributed by atoms with Crippen LogP contribution in [0.1, 0.15) is 13.8 Å². The molecule has 0 aliphatic rings. The van der Waals surface area contributed by atoms with Crippen LogP contribution in [0.25, 0.3) is 27.8 Å². The predicted octanol–water partition coefficient (Wildman–Crippen LogP) is 2.26. The summed E-state index contributed by atoms with van der Waals surface area (Å²) in [5.41, 5.74) is 2.84. The topological polar surface area (TPSA) is 114 Å². The maximum Gasteiger partial charge on any atom is 0.229 e. The van der Waals surface area contributed by atoms with Crippen molar-refractivity contribution in [1.82, 2.24) is 24.3 Å². The van der Waals surface area contributed by atoms with Gasteiger partial charge in [0.25, 0.3) is 0 Å². The third-order valence-corrected chi connectivity index (χ3v) is 3.89. The molecule has 9 nitrogen and oxygen atoms in total. The highest BCUT2D eigenvalue weighted by molar-refractivity contribution is 6.04. The minimum absolute atomic E-state index is 0.215. The van der Waals surface area contributed by atoms with Gasteiger partial charge < -0.3 is 0 Å². The van der Waals surface area contributed by atoms with Crippen molar-refractivity contribution in [3.63, 3.8) is 0 Å². The van der Waals surface area contributed by atoms with Gasteiger partial charge in [-0.3, -0.25) is 24.6 Å². The van der Waals surface area contributed by atoms with E-state index in [-0.39, 0.29) is 17.8 Å². The quantitative estimate of drug-likeness (QED) is 0.578. The van der Waals surface area contributed by atoms with E-state index in [0.29, 0.717) is 17.3 Å². The molecule has 0 aliphatic heterocycles. The van der Waals surface area contributed by atoms with Gasteiger partial charge in [0.1, 0.15) is 5.65 Å². The first-order valence-electron chi connectivity index (χ1n) is 8.17. The summed E-state index contributed by atoms with van der Waals surface area (Å²) >= 11 is 0. The van der Waals surface area contributed by atoms with E-state index in [9.17, 15) is 9.59 Å². The number of pyridine rings is 1. The molecule has 4 rings (SSSR count). The lowest BCUT2D eigenvalue weighted by atomic mass is 10.1. The second-order valence-corrected chi connectivity index (χ2v) is 5.87. The van der Waals surface area contributed by atoms with Crippen molar-refractivity contribution in [2.24, 2.45) is 0 Å². The molecule has 0 aliphatic carbocycles. The van der Waals surface area contributed by atoms with Gasteiger partial charge in [0.05, 0.1) is 11.2 Å². The molecule has 4 aromatic rings. The zero-order valence-electron chi connectivity index (χ0n) is 14.6. The summed E-state index contributed by atoms with van der Waals surface area (Å²) in [6.07, 6.45) is 4.86. The zero-order valence-corrected chi connectivity index (χ0v) is 14.6. The molecule has 27 heavy (non-hydrogen) atoms. The molecule has 0 atom stereocenters. The first kappa shape index (κ1) is 16.6. The van der Waals surface area contributed by atoms with E-state index in [1.807, 2.05) is 18.2 Å². The van der Waals surface area contributed by atoms with E-state index in [0.717, 1.165) is 16.5 Å². The lowest BCUT2D eigenvalue weighted by molar-refractivity contribution is -0.115. The normalized spacial score (nSPS) is 10.9. The average Bonchev–Trinajstić information content (AvgIpc) is 2.96. The SMILES string of the molecule is CC(=O)Nc1nccc(-c2c3cccnc3n3c(NC(C)=O)nccc23)n1. The average molecular weight is 361 g/mol. The van der Waals surface area contributed by atoms with Crippen LogP contribution >= 0.6 is 0 Å². The first-order valence-corrected chi connectivity index (χ1v) is 8.17. The molecule has 0 bridgehead atoms. The Hall–Kier alpha value is -3.88. The summed E-state index contributed by atoms with van der Waals surface area (Å²) in [6.45, 7) is 2.82. The minimum atomic E-state index is -0.252. The van der Waals surface area contributed by atoms with E-state index in [4.69, 9.17) is 0 Å². The van der Waals surface area contributed by atoms with E-state index < -0.39 is 0 Å². The number of rotatable bonds is 3. The summed E-state index contributed by atoms with van der Waals surface area (Å²) in [6, 6.07) is 7.32. The number of nitrogens with zero attached hydrogens (tertiary/aromatic N) is 5. The second kappa shape index (κ2) is 6.45. The number of hydrogen-bond acceptors (Lipinski definition) is 6. The first-order chi connectivity index (χ1) is 13.0. The van der Waals surface area contributed by atoms with Crippen molar-refractivity contribution in [2.75, 3.05) is 10.6 Å². The Balaban J connectivity index is 2.03. The van der Waals surface area contributed by atoms with Gasteiger partial charge in [0.15, 0.2) is 0 Å². The monoisotopic (exact) mass is 361 g/mol. The molecular weight excluding hydrogens is 346 g/mol. The van der Waals surface area contributed by atoms with Crippen molar-refractivity contribution < 1.29 is 9.59 Å². The second-order valence-electron chi connectivity index (χ2n) is 5.87. The Morgan fingerprint density at radius 2 is 1.70 bits per heavy atom. The molecule has 9 heteroatoms. The van der Waals surface area contributed by atoms with E-state index in [1.54, 1.807) is 29.1 Å². The summed E-state index contributed by atoms with van der Waals surface area (Å²) in [5.74, 6) is 0.0977. The van der Waals surface area contributed by atoms with Gasteiger partial charge in [0.2, 0.25) is 23.7 Å². The number of aromatic nitrogens is 5. The van der Waals surface area contributed by atoms with E-state index in [1.165, 1.54) is 13.8 Å². The fraction of sp³-hybridized carbons (Fsp3) is 0.111. The fourth-order valence-corrected chi connectivity index (χ4v) is 2.97. The highest BCUT2D eigenvalue weighted by Gasteiger charge is 2.19.